The van der Waals surface area contributed by atoms with Crippen LogP contribution in [0.3, 0.4) is 0 Å². The largest absolute Gasteiger partial charge is 0.481 e. The molecule has 8 heteroatoms. The first-order chi connectivity index (χ1) is 13.2. The number of carbonyl (C=O) groups is 2. The summed E-state index contributed by atoms with van der Waals surface area (Å²) in [5, 5.41) is 10.8. The van der Waals surface area contributed by atoms with Crippen LogP contribution in [0.4, 0.5) is 18.0 Å². The third kappa shape index (κ3) is 4.62. The van der Waals surface area contributed by atoms with Crippen LogP contribution in [0.2, 0.25) is 0 Å². The molecule has 5 nitrogen and oxygen atoms in total. The lowest BCUT2D eigenvalue weighted by atomic mass is 9.98. The number of rotatable bonds is 6. The predicted octanol–water partition coefficient (Wildman–Crippen LogP) is 4.32. The number of fused-ring (bicyclic) bond motifs is 3. The van der Waals surface area contributed by atoms with Crippen LogP contribution in [0.5, 0.6) is 0 Å². The van der Waals surface area contributed by atoms with Crippen LogP contribution in [-0.4, -0.2) is 36.0 Å². The fourth-order valence-corrected chi connectivity index (χ4v) is 3.47. The minimum Gasteiger partial charge on any atom is -0.481 e. The molecule has 1 amide bonds. The van der Waals surface area contributed by atoms with Crippen molar-refractivity contribution in [3.63, 3.8) is 0 Å². The average Bonchev–Trinajstić information content (AvgIpc) is 2.92. The number of aliphatic carboxylic acids is 1. The molecule has 0 aromatic heterocycles. The van der Waals surface area contributed by atoms with Gasteiger partial charge in [0.1, 0.15) is 6.61 Å². The highest BCUT2D eigenvalue weighted by molar-refractivity contribution is 5.79. The number of alkyl carbamates (subject to hydrolysis) is 1. The van der Waals surface area contributed by atoms with Gasteiger partial charge in [0.2, 0.25) is 0 Å². The van der Waals surface area contributed by atoms with E-state index < -0.39 is 37.1 Å². The summed E-state index contributed by atoms with van der Waals surface area (Å²) in [5.41, 5.74) is 3.98. The van der Waals surface area contributed by atoms with E-state index in [0.29, 0.717) is 0 Å². The number of carboxylic acids is 1. The summed E-state index contributed by atoms with van der Waals surface area (Å²) >= 11 is 0. The molecule has 0 radical (unpaired) electrons. The van der Waals surface area contributed by atoms with E-state index >= 15 is 0 Å². The van der Waals surface area contributed by atoms with Crippen molar-refractivity contribution in [3.8, 4) is 11.1 Å². The van der Waals surface area contributed by atoms with E-state index in [2.05, 4.69) is 0 Å². The van der Waals surface area contributed by atoms with Gasteiger partial charge in [0.15, 0.2) is 0 Å². The van der Waals surface area contributed by atoms with Crippen LogP contribution in [0.15, 0.2) is 48.5 Å². The van der Waals surface area contributed by atoms with E-state index in [-0.39, 0.29) is 12.5 Å². The number of hydrogen-bond donors (Lipinski definition) is 2. The van der Waals surface area contributed by atoms with Crippen LogP contribution in [-0.2, 0) is 9.53 Å². The van der Waals surface area contributed by atoms with Gasteiger partial charge in [-0.3, -0.25) is 4.79 Å². The van der Waals surface area contributed by atoms with Crippen molar-refractivity contribution in [2.24, 2.45) is 0 Å². The number of carbonyl (C=O) groups excluding carboxylic acids is 1. The Hall–Kier alpha value is -3.03. The fourth-order valence-electron chi connectivity index (χ4n) is 3.47. The molecule has 1 aliphatic rings. The number of alkyl halides is 3. The van der Waals surface area contributed by atoms with Crippen molar-refractivity contribution in [2.75, 3.05) is 6.61 Å². The SMILES string of the molecule is O=C(O)C[C@@H](CC(F)(F)F)NC(=O)OCC1c2ccccc2-c2ccccc21. The second kappa shape index (κ2) is 7.92. The Balaban J connectivity index is 1.68. The van der Waals surface area contributed by atoms with Gasteiger partial charge in [-0.05, 0) is 22.3 Å². The summed E-state index contributed by atoms with van der Waals surface area (Å²) in [4.78, 5) is 22.8. The van der Waals surface area contributed by atoms with Gasteiger partial charge >= 0.3 is 18.2 Å². The molecule has 0 bridgehead atoms. The molecule has 28 heavy (non-hydrogen) atoms. The van der Waals surface area contributed by atoms with Crippen LogP contribution < -0.4 is 5.32 Å². The number of benzene rings is 2. The molecule has 2 aromatic carbocycles. The fraction of sp³-hybridized carbons (Fsp3) is 0.300. The molecule has 2 N–H and O–H groups in total. The monoisotopic (exact) mass is 393 g/mol. The van der Waals surface area contributed by atoms with E-state index in [1.165, 1.54) is 0 Å². The Morgan fingerprint density at radius 2 is 1.57 bits per heavy atom. The maximum absolute atomic E-state index is 12.6. The summed E-state index contributed by atoms with van der Waals surface area (Å²) in [7, 11) is 0. The third-order valence-electron chi connectivity index (χ3n) is 4.56. The van der Waals surface area contributed by atoms with Crippen molar-refractivity contribution in [2.45, 2.75) is 31.0 Å². The molecule has 0 fully saturated rings. The molecule has 0 spiro atoms. The lowest BCUT2D eigenvalue weighted by molar-refractivity contribution is -0.146. The second-order valence-corrected chi connectivity index (χ2v) is 6.58. The smallest absolute Gasteiger partial charge is 0.407 e. The average molecular weight is 393 g/mol. The van der Waals surface area contributed by atoms with Crippen molar-refractivity contribution in [1.29, 1.82) is 0 Å². The van der Waals surface area contributed by atoms with Crippen LogP contribution in [0, 0.1) is 0 Å². The topological polar surface area (TPSA) is 75.6 Å². The predicted molar refractivity (Wildman–Crippen MR) is 94.9 cm³/mol. The molecular weight excluding hydrogens is 375 g/mol. The van der Waals surface area contributed by atoms with E-state index in [4.69, 9.17) is 9.84 Å². The number of nitrogens with one attached hydrogen (secondary N) is 1. The van der Waals surface area contributed by atoms with Gasteiger partial charge in [-0.2, -0.15) is 13.2 Å². The van der Waals surface area contributed by atoms with Gasteiger partial charge in [0.05, 0.1) is 18.9 Å². The van der Waals surface area contributed by atoms with E-state index in [1.807, 2.05) is 53.8 Å². The summed E-state index contributed by atoms with van der Waals surface area (Å²) in [5.74, 6) is -1.67. The summed E-state index contributed by atoms with van der Waals surface area (Å²) in [6, 6.07) is 13.7. The number of ether oxygens (including phenoxy) is 1. The Labute approximate surface area is 159 Å². The number of halogens is 3. The number of hydrogen-bond acceptors (Lipinski definition) is 3. The van der Waals surface area contributed by atoms with Crippen LogP contribution in [0.25, 0.3) is 11.1 Å². The maximum Gasteiger partial charge on any atom is 0.407 e. The maximum atomic E-state index is 12.6. The molecule has 3 rings (SSSR count). The zero-order valence-electron chi connectivity index (χ0n) is 14.7. The molecule has 1 atom stereocenters. The number of carboxylic acid groups (broad SMARTS) is 1. The second-order valence-electron chi connectivity index (χ2n) is 6.58. The van der Waals surface area contributed by atoms with Crippen molar-refractivity contribution in [3.05, 3.63) is 59.7 Å². The molecule has 0 unspecified atom stereocenters. The van der Waals surface area contributed by atoms with Gasteiger partial charge in [-0.15, -0.1) is 0 Å². The van der Waals surface area contributed by atoms with E-state index in [1.54, 1.807) is 0 Å². The van der Waals surface area contributed by atoms with Crippen molar-refractivity contribution in [1.82, 2.24) is 5.32 Å². The van der Waals surface area contributed by atoms with Crippen molar-refractivity contribution >= 4 is 12.1 Å². The molecule has 0 heterocycles. The van der Waals surface area contributed by atoms with Crippen molar-refractivity contribution < 1.29 is 32.6 Å². The Kier molecular flexibility index (Phi) is 5.58. The molecule has 0 aliphatic heterocycles. The molecule has 0 saturated heterocycles. The first kappa shape index (κ1) is 19.7. The molecule has 0 saturated carbocycles. The zero-order chi connectivity index (χ0) is 20.3. The Morgan fingerprint density at radius 1 is 1.04 bits per heavy atom. The lowest BCUT2D eigenvalue weighted by Gasteiger charge is -2.20. The molecule has 148 valence electrons. The molecular formula is C20H18F3NO4. The Bertz CT molecular complexity index is 836. The summed E-state index contributed by atoms with van der Waals surface area (Å²) in [6.07, 6.45) is -7.96. The van der Waals surface area contributed by atoms with Crippen LogP contribution in [0.1, 0.15) is 29.9 Å². The highest BCUT2D eigenvalue weighted by atomic mass is 19.4. The van der Waals surface area contributed by atoms with Gasteiger partial charge < -0.3 is 15.2 Å². The normalized spacial score (nSPS) is 14.1. The lowest BCUT2D eigenvalue weighted by Crippen LogP contribution is -2.40. The minimum atomic E-state index is -4.60. The van der Waals surface area contributed by atoms with E-state index in [9.17, 15) is 22.8 Å². The quantitative estimate of drug-likeness (QED) is 0.766. The first-order valence-electron chi connectivity index (χ1n) is 8.64. The van der Waals surface area contributed by atoms with Gasteiger partial charge in [0.25, 0.3) is 0 Å². The minimum absolute atomic E-state index is 0.0638. The zero-order valence-corrected chi connectivity index (χ0v) is 14.7. The van der Waals surface area contributed by atoms with Gasteiger partial charge in [-0.1, -0.05) is 48.5 Å². The van der Waals surface area contributed by atoms with Gasteiger partial charge in [0, 0.05) is 5.92 Å². The van der Waals surface area contributed by atoms with E-state index in [0.717, 1.165) is 22.3 Å². The third-order valence-corrected chi connectivity index (χ3v) is 4.56. The van der Waals surface area contributed by atoms with Crippen LogP contribution >= 0.6 is 0 Å². The standard InChI is InChI=1S/C20H18F3NO4/c21-20(22,23)10-12(9-18(25)26)24-19(27)28-11-17-15-7-3-1-5-13(15)14-6-2-4-8-16(14)17/h1-8,12,17H,9-11H2,(H,24,27)(H,25,26)/t12-/m0/s1. The Morgan fingerprint density at radius 3 is 2.07 bits per heavy atom. The number of amides is 1. The highest BCUT2D eigenvalue weighted by Gasteiger charge is 2.34. The summed E-state index contributed by atoms with van der Waals surface area (Å²) in [6.45, 7) is -0.0638. The first-order valence-corrected chi connectivity index (χ1v) is 8.64. The molecule has 2 aromatic rings. The summed E-state index contributed by atoms with van der Waals surface area (Å²) < 4.78 is 42.9. The molecule has 1 aliphatic carbocycles. The van der Waals surface area contributed by atoms with Gasteiger partial charge in [-0.25, -0.2) is 4.79 Å². The highest BCUT2D eigenvalue weighted by Crippen LogP contribution is 2.44.